The molecule has 1 N–H and O–H groups in total. The maximum atomic E-state index is 13.1. The highest BCUT2D eigenvalue weighted by atomic mass is 32.2. The van der Waals surface area contributed by atoms with E-state index in [1.807, 2.05) is 12.1 Å². The van der Waals surface area contributed by atoms with Crippen molar-refractivity contribution in [3.05, 3.63) is 84.4 Å². The fourth-order valence-electron chi connectivity index (χ4n) is 3.84. The van der Waals surface area contributed by atoms with Gasteiger partial charge in [0.15, 0.2) is 0 Å². The molecule has 8 nitrogen and oxygen atoms in total. The Balaban J connectivity index is 1.37. The van der Waals surface area contributed by atoms with Crippen LogP contribution in [0.15, 0.2) is 83.0 Å². The minimum Gasteiger partial charge on any atom is -0.411 e. The van der Waals surface area contributed by atoms with Gasteiger partial charge in [-0.25, -0.2) is 0 Å². The second kappa shape index (κ2) is 8.95. The van der Waals surface area contributed by atoms with E-state index in [1.165, 1.54) is 11.8 Å². The van der Waals surface area contributed by atoms with Gasteiger partial charge in [0, 0.05) is 22.3 Å². The molecule has 0 saturated heterocycles. The van der Waals surface area contributed by atoms with Crippen LogP contribution in [0.25, 0.3) is 22.2 Å². The molecule has 1 aliphatic rings. The van der Waals surface area contributed by atoms with Crippen LogP contribution in [0.4, 0.5) is 5.69 Å². The number of thioether (sulfide) groups is 1. The summed E-state index contributed by atoms with van der Waals surface area (Å²) in [5, 5.41) is 12.6. The number of benzene rings is 3. The minimum absolute atomic E-state index is 0.244. The summed E-state index contributed by atoms with van der Waals surface area (Å²) >= 11 is 1.34. The number of carbonyl (C=O) groups is 3. The molecule has 0 fully saturated rings. The van der Waals surface area contributed by atoms with Crippen LogP contribution in [-0.2, 0) is 4.79 Å². The molecule has 1 aromatic heterocycles. The first-order valence-electron chi connectivity index (χ1n) is 10.4. The molecule has 0 bridgehead atoms. The lowest BCUT2D eigenvalue weighted by Gasteiger charge is -2.26. The van der Waals surface area contributed by atoms with Crippen molar-refractivity contribution in [3.63, 3.8) is 0 Å². The van der Waals surface area contributed by atoms with E-state index < -0.39 is 24.3 Å². The van der Waals surface area contributed by atoms with E-state index in [1.54, 1.807) is 54.6 Å². The van der Waals surface area contributed by atoms with Gasteiger partial charge in [-0.2, -0.15) is 0 Å². The fourth-order valence-corrected chi connectivity index (χ4v) is 4.34. The van der Waals surface area contributed by atoms with Crippen molar-refractivity contribution in [3.8, 4) is 11.5 Å². The maximum Gasteiger partial charge on any atom is 0.277 e. The van der Waals surface area contributed by atoms with Gasteiger partial charge in [-0.1, -0.05) is 54.2 Å². The maximum absolute atomic E-state index is 13.1. The number of anilines is 1. The highest BCUT2D eigenvalue weighted by molar-refractivity contribution is 7.99. The Hall–Kier alpha value is -4.24. The van der Waals surface area contributed by atoms with Crippen LogP contribution in [0.2, 0.25) is 0 Å². The number of hydrogen-bond acceptors (Lipinski definition) is 7. The Morgan fingerprint density at radius 3 is 2.35 bits per heavy atom. The van der Waals surface area contributed by atoms with E-state index in [-0.39, 0.29) is 5.89 Å². The molecule has 168 valence electrons. The SMILES string of the molecule is C=CCSc1nnc(-c2ccccc2NC(=O)CN2C(=O)c3cccc4cccc(c34)C2=O)o1. The van der Waals surface area contributed by atoms with Gasteiger partial charge in [-0.15, -0.1) is 16.8 Å². The van der Waals surface area contributed by atoms with E-state index in [9.17, 15) is 14.4 Å². The predicted octanol–water partition coefficient (Wildman–Crippen LogP) is 4.40. The molecule has 0 atom stereocenters. The van der Waals surface area contributed by atoms with Crippen molar-refractivity contribution in [2.75, 3.05) is 17.6 Å². The highest BCUT2D eigenvalue weighted by Crippen LogP contribution is 2.31. The number of nitrogens with one attached hydrogen (secondary N) is 1. The summed E-state index contributed by atoms with van der Waals surface area (Å²) in [5.74, 6) is -0.666. The quantitative estimate of drug-likeness (QED) is 0.242. The zero-order valence-electron chi connectivity index (χ0n) is 17.9. The third-order valence-corrected chi connectivity index (χ3v) is 6.13. The van der Waals surface area contributed by atoms with Crippen molar-refractivity contribution in [1.29, 1.82) is 0 Å². The van der Waals surface area contributed by atoms with Crippen LogP contribution >= 0.6 is 11.8 Å². The lowest BCUT2D eigenvalue weighted by molar-refractivity contribution is -0.116. The lowest BCUT2D eigenvalue weighted by Crippen LogP contribution is -2.44. The van der Waals surface area contributed by atoms with Crippen LogP contribution in [0.1, 0.15) is 20.7 Å². The normalized spacial score (nSPS) is 12.8. The Kier molecular flexibility index (Phi) is 5.69. The first kappa shape index (κ1) is 21.6. The van der Waals surface area contributed by atoms with Gasteiger partial charge in [-0.05, 0) is 29.7 Å². The third kappa shape index (κ3) is 3.86. The Labute approximate surface area is 198 Å². The van der Waals surface area contributed by atoms with E-state index in [0.717, 1.165) is 10.3 Å². The molecule has 0 spiro atoms. The van der Waals surface area contributed by atoms with Crippen molar-refractivity contribution in [1.82, 2.24) is 15.1 Å². The standard InChI is InChI=1S/C25H18N4O4S/c1-2-13-34-25-28-27-22(33-25)16-9-3-4-12-19(16)26-20(30)14-29-23(31)17-10-5-7-15-8-6-11-18(21(15)17)24(29)32/h2-12H,1,13-14H2,(H,26,30). The number of carbonyl (C=O) groups excluding carboxylic acids is 3. The van der Waals surface area contributed by atoms with Crippen molar-refractivity contribution >= 4 is 45.9 Å². The zero-order chi connectivity index (χ0) is 23.7. The van der Waals surface area contributed by atoms with Crippen LogP contribution in [-0.4, -0.2) is 45.1 Å². The van der Waals surface area contributed by atoms with Crippen molar-refractivity contribution in [2.45, 2.75) is 5.22 Å². The smallest absolute Gasteiger partial charge is 0.277 e. The number of amides is 3. The molecular formula is C25H18N4O4S. The molecule has 2 heterocycles. The minimum atomic E-state index is -0.526. The van der Waals surface area contributed by atoms with Crippen molar-refractivity contribution < 1.29 is 18.8 Å². The third-order valence-electron chi connectivity index (χ3n) is 5.32. The highest BCUT2D eigenvalue weighted by Gasteiger charge is 2.34. The van der Waals surface area contributed by atoms with Gasteiger partial charge in [-0.3, -0.25) is 19.3 Å². The molecule has 5 rings (SSSR count). The van der Waals surface area contributed by atoms with Crippen LogP contribution in [0.5, 0.6) is 0 Å². The summed E-state index contributed by atoms with van der Waals surface area (Å²) in [7, 11) is 0. The van der Waals surface area contributed by atoms with E-state index >= 15 is 0 Å². The molecule has 0 saturated carbocycles. The van der Waals surface area contributed by atoms with E-state index in [2.05, 4.69) is 22.1 Å². The van der Waals surface area contributed by atoms with Gasteiger partial charge in [0.2, 0.25) is 5.91 Å². The molecule has 3 aromatic carbocycles. The Bertz CT molecular complexity index is 1410. The predicted molar refractivity (Wildman–Crippen MR) is 129 cm³/mol. The van der Waals surface area contributed by atoms with Crippen LogP contribution in [0.3, 0.4) is 0 Å². The molecule has 1 aliphatic heterocycles. The second-order valence-electron chi connectivity index (χ2n) is 7.47. The number of para-hydroxylation sites is 1. The van der Waals surface area contributed by atoms with Gasteiger partial charge in [0.05, 0.1) is 11.3 Å². The van der Waals surface area contributed by atoms with Gasteiger partial charge in [0.25, 0.3) is 22.9 Å². The number of imide groups is 1. The average molecular weight is 471 g/mol. The largest absolute Gasteiger partial charge is 0.411 e. The van der Waals surface area contributed by atoms with Gasteiger partial charge < -0.3 is 9.73 Å². The van der Waals surface area contributed by atoms with E-state index in [4.69, 9.17) is 4.42 Å². The molecule has 34 heavy (non-hydrogen) atoms. The molecule has 0 aliphatic carbocycles. The molecule has 3 amide bonds. The Morgan fingerprint density at radius 1 is 0.971 bits per heavy atom. The fraction of sp³-hybridized carbons (Fsp3) is 0.0800. The summed E-state index contributed by atoms with van der Waals surface area (Å²) in [5.41, 5.74) is 1.75. The number of hydrogen-bond donors (Lipinski definition) is 1. The van der Waals surface area contributed by atoms with Crippen molar-refractivity contribution in [2.24, 2.45) is 0 Å². The molecule has 9 heteroatoms. The summed E-state index contributed by atoms with van der Waals surface area (Å²) in [6.07, 6.45) is 1.73. The first-order valence-corrected chi connectivity index (χ1v) is 11.4. The molecular weight excluding hydrogens is 452 g/mol. The second-order valence-corrected chi connectivity index (χ2v) is 8.44. The van der Waals surface area contributed by atoms with Gasteiger partial charge in [0.1, 0.15) is 6.54 Å². The zero-order valence-corrected chi connectivity index (χ0v) is 18.7. The summed E-state index contributed by atoms with van der Waals surface area (Å²) in [4.78, 5) is 40.0. The van der Waals surface area contributed by atoms with Crippen LogP contribution < -0.4 is 5.32 Å². The molecule has 4 aromatic rings. The first-order chi connectivity index (χ1) is 16.6. The monoisotopic (exact) mass is 470 g/mol. The van der Waals surface area contributed by atoms with E-state index in [0.29, 0.717) is 38.7 Å². The number of nitrogens with zero attached hydrogens (tertiary/aromatic N) is 3. The van der Waals surface area contributed by atoms with Crippen LogP contribution in [0, 0.1) is 0 Å². The summed E-state index contributed by atoms with van der Waals surface area (Å²) in [6.45, 7) is 3.23. The lowest BCUT2D eigenvalue weighted by atomic mass is 9.94. The summed E-state index contributed by atoms with van der Waals surface area (Å²) < 4.78 is 5.67. The topological polar surface area (TPSA) is 105 Å². The number of rotatable bonds is 7. The molecule has 0 radical (unpaired) electrons. The Morgan fingerprint density at radius 2 is 1.65 bits per heavy atom. The van der Waals surface area contributed by atoms with Gasteiger partial charge >= 0.3 is 0 Å². The average Bonchev–Trinajstić information content (AvgIpc) is 3.33. The molecule has 0 unspecified atom stereocenters. The number of aromatic nitrogens is 2. The summed E-state index contributed by atoms with van der Waals surface area (Å²) in [6, 6.07) is 17.5.